The van der Waals surface area contributed by atoms with Crippen LogP contribution in [-0.2, 0) is 21.4 Å². The highest BCUT2D eigenvalue weighted by Crippen LogP contribution is 2.43. The van der Waals surface area contributed by atoms with Gasteiger partial charge in [0.25, 0.3) is 11.7 Å². The molecule has 1 aliphatic heterocycles. The number of amides is 1. The summed E-state index contributed by atoms with van der Waals surface area (Å²) in [4.78, 5) is 28.2. The van der Waals surface area contributed by atoms with E-state index in [-0.39, 0.29) is 16.7 Å². The van der Waals surface area contributed by atoms with E-state index < -0.39 is 17.7 Å². The van der Waals surface area contributed by atoms with E-state index in [0.717, 1.165) is 17.5 Å². The average Bonchev–Trinajstić information content (AvgIpc) is 3.13. The van der Waals surface area contributed by atoms with Crippen molar-refractivity contribution in [2.24, 2.45) is 0 Å². The van der Waals surface area contributed by atoms with Crippen LogP contribution in [0.3, 0.4) is 0 Å². The van der Waals surface area contributed by atoms with Crippen molar-refractivity contribution < 1.29 is 19.4 Å². The summed E-state index contributed by atoms with van der Waals surface area (Å²) in [5, 5.41) is 11.3. The third-order valence-electron chi connectivity index (χ3n) is 6.50. The van der Waals surface area contributed by atoms with Gasteiger partial charge < -0.3 is 9.84 Å². The van der Waals surface area contributed by atoms with Gasteiger partial charge in [-0.2, -0.15) is 0 Å². The molecule has 5 heteroatoms. The lowest BCUT2D eigenvalue weighted by molar-refractivity contribution is -0.132. The first-order chi connectivity index (χ1) is 16.7. The summed E-state index contributed by atoms with van der Waals surface area (Å²) < 4.78 is 5.40. The second kappa shape index (κ2) is 9.41. The molecule has 180 valence electrons. The van der Waals surface area contributed by atoms with Crippen molar-refractivity contribution in [1.29, 1.82) is 0 Å². The number of hydrogen-bond acceptors (Lipinski definition) is 4. The smallest absolute Gasteiger partial charge is 0.300 e. The first-order valence-corrected chi connectivity index (χ1v) is 11.8. The van der Waals surface area contributed by atoms with E-state index in [9.17, 15) is 14.7 Å². The maximum absolute atomic E-state index is 13.4. The normalized spacial score (nSPS) is 17.6. The second-order valence-electron chi connectivity index (χ2n) is 9.79. The summed E-state index contributed by atoms with van der Waals surface area (Å²) in [6.45, 7) is 8.41. The molecule has 0 saturated carbocycles. The standard InChI is InChI=1S/C30H31NO4/c1-6-19-10-12-20(13-11-19)27(32)25-26(21-8-7-9-24(18-21)35-5)31(29(34)28(25)33)23-16-14-22(15-17-23)30(2,3)4/h7-18,26,32H,6H2,1-5H3/b27-25-. The van der Waals surface area contributed by atoms with Crippen LogP contribution in [0.1, 0.15) is 56.0 Å². The number of aliphatic hydroxyl groups excluding tert-OH is 1. The molecule has 3 aromatic carbocycles. The lowest BCUT2D eigenvalue weighted by atomic mass is 9.87. The zero-order valence-electron chi connectivity index (χ0n) is 20.8. The van der Waals surface area contributed by atoms with Crippen molar-refractivity contribution in [2.75, 3.05) is 12.0 Å². The summed E-state index contributed by atoms with van der Waals surface area (Å²) in [5.74, 6) is -0.973. The molecule has 0 spiro atoms. The maximum atomic E-state index is 13.4. The minimum atomic E-state index is -0.795. The molecule has 4 rings (SSSR count). The van der Waals surface area contributed by atoms with E-state index in [4.69, 9.17) is 4.74 Å². The molecule has 1 unspecified atom stereocenters. The predicted molar refractivity (Wildman–Crippen MR) is 139 cm³/mol. The van der Waals surface area contributed by atoms with Crippen molar-refractivity contribution in [2.45, 2.75) is 45.6 Å². The molecule has 1 atom stereocenters. The minimum absolute atomic E-state index is 0.0520. The summed E-state index contributed by atoms with van der Waals surface area (Å²) in [7, 11) is 1.57. The molecule has 35 heavy (non-hydrogen) atoms. The van der Waals surface area contributed by atoms with Crippen LogP contribution < -0.4 is 9.64 Å². The molecule has 1 amide bonds. The summed E-state index contributed by atoms with van der Waals surface area (Å²) in [6.07, 6.45) is 0.861. The first kappa shape index (κ1) is 24.3. The Hall–Kier alpha value is -3.86. The van der Waals surface area contributed by atoms with Gasteiger partial charge in [-0.25, -0.2) is 0 Å². The fraction of sp³-hybridized carbons (Fsp3) is 0.267. The first-order valence-electron chi connectivity index (χ1n) is 11.8. The zero-order valence-corrected chi connectivity index (χ0v) is 20.8. The number of ketones is 1. The SMILES string of the molecule is CCc1ccc(/C(O)=C2/C(=O)C(=O)N(c3ccc(C(C)(C)C)cc3)C2c2cccc(OC)c2)cc1. The van der Waals surface area contributed by atoms with Crippen LogP contribution in [0.4, 0.5) is 5.69 Å². The van der Waals surface area contributed by atoms with Crippen LogP contribution in [0.2, 0.25) is 0 Å². The van der Waals surface area contributed by atoms with Gasteiger partial charge in [0, 0.05) is 11.3 Å². The van der Waals surface area contributed by atoms with Crippen molar-refractivity contribution in [3.05, 3.63) is 101 Å². The van der Waals surface area contributed by atoms with Gasteiger partial charge in [-0.3, -0.25) is 14.5 Å². The molecular formula is C30H31NO4. The van der Waals surface area contributed by atoms with Gasteiger partial charge in [-0.1, -0.05) is 76.2 Å². The summed E-state index contributed by atoms with van der Waals surface area (Å²) in [6, 6.07) is 21.5. The van der Waals surface area contributed by atoms with E-state index >= 15 is 0 Å². The number of Topliss-reactive ketones (excluding diaryl/α,β-unsaturated/α-hetero) is 1. The highest BCUT2D eigenvalue weighted by molar-refractivity contribution is 6.51. The fourth-order valence-electron chi connectivity index (χ4n) is 4.40. The molecule has 1 aliphatic rings. The number of ether oxygens (including phenoxy) is 1. The summed E-state index contributed by atoms with van der Waals surface area (Å²) >= 11 is 0. The van der Waals surface area contributed by atoms with E-state index in [1.807, 2.05) is 55.5 Å². The van der Waals surface area contributed by atoms with Gasteiger partial charge >= 0.3 is 0 Å². The number of carbonyl (C=O) groups is 2. The predicted octanol–water partition coefficient (Wildman–Crippen LogP) is 6.18. The topological polar surface area (TPSA) is 66.8 Å². The zero-order chi connectivity index (χ0) is 25.3. The monoisotopic (exact) mass is 469 g/mol. The quantitative estimate of drug-likeness (QED) is 0.275. The van der Waals surface area contributed by atoms with Crippen molar-refractivity contribution in [1.82, 2.24) is 0 Å². The van der Waals surface area contributed by atoms with Gasteiger partial charge in [0.05, 0.1) is 18.7 Å². The molecule has 0 aromatic heterocycles. The molecule has 1 fully saturated rings. The maximum Gasteiger partial charge on any atom is 0.300 e. The number of benzene rings is 3. The van der Waals surface area contributed by atoms with Crippen molar-refractivity contribution in [3.8, 4) is 5.75 Å². The lowest BCUT2D eigenvalue weighted by Crippen LogP contribution is -2.29. The molecule has 0 aliphatic carbocycles. The fourth-order valence-corrected chi connectivity index (χ4v) is 4.40. The average molecular weight is 470 g/mol. The van der Waals surface area contributed by atoms with Crippen molar-refractivity contribution in [3.63, 3.8) is 0 Å². The largest absolute Gasteiger partial charge is 0.507 e. The molecule has 3 aromatic rings. The Morgan fingerprint density at radius 2 is 1.63 bits per heavy atom. The van der Waals surface area contributed by atoms with Crippen LogP contribution in [-0.4, -0.2) is 23.9 Å². The Labute approximate surface area is 206 Å². The summed E-state index contributed by atoms with van der Waals surface area (Å²) in [5.41, 5.74) is 4.01. The molecule has 5 nitrogen and oxygen atoms in total. The van der Waals surface area contributed by atoms with E-state index in [0.29, 0.717) is 22.6 Å². The van der Waals surface area contributed by atoms with Crippen LogP contribution in [0, 0.1) is 0 Å². The Balaban J connectivity index is 1.90. The van der Waals surface area contributed by atoms with Gasteiger partial charge in [-0.05, 0) is 52.8 Å². The molecule has 0 radical (unpaired) electrons. The Kier molecular flexibility index (Phi) is 6.53. The number of methoxy groups -OCH3 is 1. The minimum Gasteiger partial charge on any atom is -0.507 e. The van der Waals surface area contributed by atoms with Crippen LogP contribution in [0.25, 0.3) is 5.76 Å². The molecule has 1 heterocycles. The number of nitrogens with zero attached hydrogens (tertiary/aromatic N) is 1. The highest BCUT2D eigenvalue weighted by Gasteiger charge is 2.47. The van der Waals surface area contributed by atoms with Gasteiger partial charge in [-0.15, -0.1) is 0 Å². The number of carbonyl (C=O) groups excluding carboxylic acids is 2. The van der Waals surface area contributed by atoms with Gasteiger partial charge in [0.2, 0.25) is 0 Å². The van der Waals surface area contributed by atoms with E-state index in [1.165, 1.54) is 4.90 Å². The van der Waals surface area contributed by atoms with E-state index in [1.54, 1.807) is 31.4 Å². The van der Waals surface area contributed by atoms with Gasteiger partial charge in [0.1, 0.15) is 11.5 Å². The Bertz CT molecular complexity index is 1280. The van der Waals surface area contributed by atoms with E-state index in [2.05, 4.69) is 20.8 Å². The highest BCUT2D eigenvalue weighted by atomic mass is 16.5. The number of aliphatic hydroxyl groups is 1. The molecular weight excluding hydrogens is 438 g/mol. The number of anilines is 1. The van der Waals surface area contributed by atoms with Crippen molar-refractivity contribution >= 4 is 23.1 Å². The Morgan fingerprint density at radius 1 is 0.971 bits per heavy atom. The van der Waals surface area contributed by atoms with Gasteiger partial charge in [0.15, 0.2) is 0 Å². The molecule has 0 bridgehead atoms. The Morgan fingerprint density at radius 3 is 2.20 bits per heavy atom. The molecule has 1 saturated heterocycles. The lowest BCUT2D eigenvalue weighted by Gasteiger charge is -2.27. The molecule has 1 N–H and O–H groups in total. The second-order valence-corrected chi connectivity index (χ2v) is 9.79. The van der Waals surface area contributed by atoms with Crippen LogP contribution in [0.5, 0.6) is 5.75 Å². The van der Waals surface area contributed by atoms with Crippen LogP contribution >= 0.6 is 0 Å². The third kappa shape index (κ3) is 4.59. The number of rotatable bonds is 5. The third-order valence-corrected chi connectivity index (χ3v) is 6.50. The number of hydrogen-bond donors (Lipinski definition) is 1. The van der Waals surface area contributed by atoms with Crippen LogP contribution in [0.15, 0.2) is 78.4 Å². The number of aryl methyl sites for hydroxylation is 1.